The average molecular weight is 253 g/mol. The molecule has 1 aliphatic rings. The molecule has 0 radical (unpaired) electrons. The van der Waals surface area contributed by atoms with Gasteiger partial charge in [-0.25, -0.2) is 4.39 Å². The fourth-order valence-electron chi connectivity index (χ4n) is 2.50. The lowest BCUT2D eigenvalue weighted by atomic mass is 9.94. The maximum atomic E-state index is 13.5. The molecule has 1 aliphatic heterocycles. The number of aliphatic hydroxyl groups is 1. The van der Waals surface area contributed by atoms with Crippen LogP contribution in [0.15, 0.2) is 18.2 Å². The second-order valence-corrected chi connectivity index (χ2v) is 5.15. The normalized spacial score (nSPS) is 24.3. The highest BCUT2D eigenvalue weighted by molar-refractivity contribution is 5.49. The number of methoxy groups -OCH3 is 1. The van der Waals surface area contributed by atoms with E-state index >= 15 is 0 Å². The van der Waals surface area contributed by atoms with Crippen LogP contribution < -0.4 is 4.90 Å². The van der Waals surface area contributed by atoms with Crippen molar-refractivity contribution in [1.82, 2.24) is 0 Å². The van der Waals surface area contributed by atoms with E-state index in [1.807, 2.05) is 6.07 Å². The molecule has 4 heteroatoms. The Balaban J connectivity index is 2.23. The molecule has 0 amide bonds. The number of aliphatic hydroxyl groups excluding tert-OH is 1. The van der Waals surface area contributed by atoms with Crippen molar-refractivity contribution in [3.63, 3.8) is 0 Å². The Morgan fingerprint density at radius 2 is 2.22 bits per heavy atom. The summed E-state index contributed by atoms with van der Waals surface area (Å²) in [6.07, 6.45) is 2.04. The molecule has 1 heterocycles. The number of benzene rings is 1. The third-order valence-electron chi connectivity index (χ3n) is 3.64. The lowest BCUT2D eigenvalue weighted by Gasteiger charge is -2.40. The maximum Gasteiger partial charge on any atom is 0.125 e. The van der Waals surface area contributed by atoms with Gasteiger partial charge in [0.05, 0.1) is 12.2 Å². The van der Waals surface area contributed by atoms with Crippen molar-refractivity contribution in [2.24, 2.45) is 0 Å². The van der Waals surface area contributed by atoms with Crippen LogP contribution in [0.1, 0.15) is 25.3 Å². The second kappa shape index (κ2) is 5.24. The van der Waals surface area contributed by atoms with Crippen molar-refractivity contribution in [3.05, 3.63) is 29.6 Å². The van der Waals surface area contributed by atoms with Gasteiger partial charge in [-0.2, -0.15) is 0 Å². The quantitative estimate of drug-likeness (QED) is 0.897. The van der Waals surface area contributed by atoms with Gasteiger partial charge in [0.2, 0.25) is 0 Å². The zero-order valence-electron chi connectivity index (χ0n) is 10.9. The molecular weight excluding hydrogens is 233 g/mol. The number of nitrogens with zero attached hydrogens (tertiary/aromatic N) is 1. The summed E-state index contributed by atoms with van der Waals surface area (Å²) in [5.74, 6) is -0.304. The molecule has 0 spiro atoms. The summed E-state index contributed by atoms with van der Waals surface area (Å²) in [4.78, 5) is 2.12. The standard InChI is InChI=1S/C14H20FNO2/c1-14(18-2)4-3-5-16(10-14)13-7-11(9-17)6-12(15)8-13/h6-8,17H,3-5,9-10H2,1-2H3. The summed E-state index contributed by atoms with van der Waals surface area (Å²) >= 11 is 0. The van der Waals surface area contributed by atoms with Gasteiger partial charge in [0, 0.05) is 25.9 Å². The molecule has 1 saturated heterocycles. The molecule has 0 aliphatic carbocycles. The molecule has 1 unspecified atom stereocenters. The van der Waals surface area contributed by atoms with Gasteiger partial charge in [0.1, 0.15) is 5.82 Å². The molecule has 2 rings (SSSR count). The summed E-state index contributed by atoms with van der Waals surface area (Å²) in [5.41, 5.74) is 1.25. The molecule has 1 atom stereocenters. The first-order valence-electron chi connectivity index (χ1n) is 6.27. The van der Waals surface area contributed by atoms with E-state index in [1.165, 1.54) is 12.1 Å². The summed E-state index contributed by atoms with van der Waals surface area (Å²) in [7, 11) is 1.72. The molecule has 1 aromatic carbocycles. The van der Waals surface area contributed by atoms with Crippen molar-refractivity contribution in [3.8, 4) is 0 Å². The van der Waals surface area contributed by atoms with Gasteiger partial charge < -0.3 is 14.7 Å². The van der Waals surface area contributed by atoms with Crippen molar-refractivity contribution < 1.29 is 14.2 Å². The van der Waals surface area contributed by atoms with Gasteiger partial charge in [0.15, 0.2) is 0 Å². The topological polar surface area (TPSA) is 32.7 Å². The van der Waals surface area contributed by atoms with Crippen molar-refractivity contribution >= 4 is 5.69 Å². The van der Waals surface area contributed by atoms with Crippen LogP contribution in [0.4, 0.5) is 10.1 Å². The number of halogens is 1. The predicted octanol–water partition coefficient (Wildman–Crippen LogP) is 2.32. The minimum Gasteiger partial charge on any atom is -0.392 e. The van der Waals surface area contributed by atoms with E-state index in [9.17, 15) is 4.39 Å². The Bertz CT molecular complexity index is 424. The largest absolute Gasteiger partial charge is 0.392 e. The SMILES string of the molecule is COC1(C)CCCN(c2cc(F)cc(CO)c2)C1. The number of rotatable bonds is 3. The Morgan fingerprint density at radius 1 is 1.44 bits per heavy atom. The highest BCUT2D eigenvalue weighted by Crippen LogP contribution is 2.29. The van der Waals surface area contributed by atoms with Gasteiger partial charge >= 0.3 is 0 Å². The van der Waals surface area contributed by atoms with Gasteiger partial charge in [-0.1, -0.05) is 0 Å². The lowest BCUT2D eigenvalue weighted by Crippen LogP contribution is -2.47. The van der Waals surface area contributed by atoms with Crippen molar-refractivity contribution in [1.29, 1.82) is 0 Å². The number of ether oxygens (including phenoxy) is 1. The molecular formula is C14H20FNO2. The van der Waals surface area contributed by atoms with Gasteiger partial charge in [-0.15, -0.1) is 0 Å². The molecule has 0 bridgehead atoms. The van der Waals surface area contributed by atoms with Crippen molar-refractivity contribution in [2.75, 3.05) is 25.1 Å². The van der Waals surface area contributed by atoms with E-state index in [1.54, 1.807) is 7.11 Å². The van der Waals surface area contributed by atoms with Crippen LogP contribution in [0.5, 0.6) is 0 Å². The molecule has 1 fully saturated rings. The van der Waals surface area contributed by atoms with Crippen LogP contribution in [-0.4, -0.2) is 30.9 Å². The summed E-state index contributed by atoms with van der Waals surface area (Å²) in [6.45, 7) is 3.58. The summed E-state index contributed by atoms with van der Waals surface area (Å²) in [6, 6.07) is 4.72. The highest BCUT2D eigenvalue weighted by atomic mass is 19.1. The molecule has 18 heavy (non-hydrogen) atoms. The van der Waals surface area contributed by atoms with Crippen LogP contribution in [0.3, 0.4) is 0 Å². The maximum absolute atomic E-state index is 13.5. The van der Waals surface area contributed by atoms with E-state index in [4.69, 9.17) is 9.84 Å². The molecule has 0 aromatic heterocycles. The van der Waals surface area contributed by atoms with Crippen LogP contribution in [0, 0.1) is 5.82 Å². The second-order valence-electron chi connectivity index (χ2n) is 5.15. The van der Waals surface area contributed by atoms with Gasteiger partial charge in [0.25, 0.3) is 0 Å². The molecule has 0 saturated carbocycles. The monoisotopic (exact) mass is 253 g/mol. The first-order valence-corrected chi connectivity index (χ1v) is 6.27. The zero-order valence-corrected chi connectivity index (χ0v) is 10.9. The van der Waals surface area contributed by atoms with E-state index in [0.29, 0.717) is 5.56 Å². The molecule has 1 aromatic rings. The fraction of sp³-hybridized carbons (Fsp3) is 0.571. The minimum absolute atomic E-state index is 0.139. The van der Waals surface area contributed by atoms with E-state index in [0.717, 1.165) is 31.6 Å². The summed E-state index contributed by atoms with van der Waals surface area (Å²) < 4.78 is 19.0. The molecule has 3 nitrogen and oxygen atoms in total. The molecule has 1 N–H and O–H groups in total. The fourth-order valence-corrected chi connectivity index (χ4v) is 2.50. The van der Waals surface area contributed by atoms with Gasteiger partial charge in [-0.05, 0) is 43.5 Å². The van der Waals surface area contributed by atoms with Gasteiger partial charge in [-0.3, -0.25) is 0 Å². The number of hydrogen-bond donors (Lipinski definition) is 1. The first kappa shape index (κ1) is 13.3. The average Bonchev–Trinajstić information content (AvgIpc) is 2.38. The van der Waals surface area contributed by atoms with Crippen LogP contribution in [0.25, 0.3) is 0 Å². The molecule has 100 valence electrons. The number of hydrogen-bond acceptors (Lipinski definition) is 3. The zero-order chi connectivity index (χ0) is 13.2. The number of anilines is 1. The minimum atomic E-state index is -0.304. The number of piperidine rings is 1. The smallest absolute Gasteiger partial charge is 0.125 e. The Hall–Kier alpha value is -1.13. The Labute approximate surface area is 107 Å². The highest BCUT2D eigenvalue weighted by Gasteiger charge is 2.31. The van der Waals surface area contributed by atoms with Crippen LogP contribution >= 0.6 is 0 Å². The van der Waals surface area contributed by atoms with Crippen LogP contribution in [-0.2, 0) is 11.3 Å². The predicted molar refractivity (Wildman–Crippen MR) is 69.2 cm³/mol. The van der Waals surface area contributed by atoms with Crippen LogP contribution in [0.2, 0.25) is 0 Å². The Kier molecular flexibility index (Phi) is 3.88. The lowest BCUT2D eigenvalue weighted by molar-refractivity contribution is -0.00467. The Morgan fingerprint density at radius 3 is 2.89 bits per heavy atom. The first-order chi connectivity index (χ1) is 8.56. The van der Waals surface area contributed by atoms with E-state index in [-0.39, 0.29) is 18.0 Å². The summed E-state index contributed by atoms with van der Waals surface area (Å²) in [5, 5.41) is 9.12. The van der Waals surface area contributed by atoms with Crippen molar-refractivity contribution in [2.45, 2.75) is 32.0 Å². The van der Waals surface area contributed by atoms with E-state index < -0.39 is 0 Å². The third-order valence-corrected chi connectivity index (χ3v) is 3.64. The van der Waals surface area contributed by atoms with E-state index in [2.05, 4.69) is 11.8 Å². The third kappa shape index (κ3) is 2.82.